The minimum atomic E-state index is -0.304. The zero-order valence-electron chi connectivity index (χ0n) is 8.98. The summed E-state index contributed by atoms with van der Waals surface area (Å²) in [5.41, 5.74) is 6.93. The molecule has 2 aliphatic rings. The minimum Gasteiger partial charge on any atom is -0.370 e. The number of fused-ring (bicyclic) bond motifs is 2. The van der Waals surface area contributed by atoms with Crippen LogP contribution in [-0.2, 0) is 9.59 Å². The van der Waals surface area contributed by atoms with Crippen LogP contribution in [0, 0.1) is 0 Å². The number of benzene rings is 1. The van der Waals surface area contributed by atoms with Crippen LogP contribution >= 0.6 is 0 Å². The number of carbonyl (C=O) groups is 2. The van der Waals surface area contributed by atoms with Crippen LogP contribution in [0.2, 0.25) is 0 Å². The van der Waals surface area contributed by atoms with Crippen LogP contribution in [0.1, 0.15) is 25.7 Å². The molecule has 0 unspecified atom stereocenters. The predicted octanol–water partition coefficient (Wildman–Crippen LogP) is 1.71. The van der Waals surface area contributed by atoms with Crippen LogP contribution in [0.4, 0.5) is 11.4 Å². The lowest BCUT2D eigenvalue weighted by atomic mass is 10.1. The second-order valence-corrected chi connectivity index (χ2v) is 3.92. The van der Waals surface area contributed by atoms with E-state index in [1.54, 1.807) is 4.90 Å². The maximum absolute atomic E-state index is 11.8. The number of primary amides is 1. The van der Waals surface area contributed by atoms with E-state index >= 15 is 0 Å². The third-order valence-electron chi connectivity index (χ3n) is 2.66. The van der Waals surface area contributed by atoms with Gasteiger partial charge in [-0.1, -0.05) is 6.07 Å². The standard InChI is InChI=1S/C12H14N2O2/c13-11(15)6-1-2-7-12(16)14-9-4-3-5-10(14)8-9/h3-5,8H,1-2,6-7H2,(H2,13,15). The highest BCUT2D eigenvalue weighted by molar-refractivity contribution is 6.05. The van der Waals surface area contributed by atoms with E-state index in [-0.39, 0.29) is 11.8 Å². The number of amides is 2. The lowest BCUT2D eigenvalue weighted by Gasteiger charge is -2.31. The Morgan fingerprint density at radius 2 is 1.75 bits per heavy atom. The maximum atomic E-state index is 11.8. The van der Waals surface area contributed by atoms with Gasteiger partial charge < -0.3 is 5.73 Å². The number of unbranched alkanes of at least 4 members (excludes halogenated alkanes) is 1. The topological polar surface area (TPSA) is 63.4 Å². The Hall–Kier alpha value is -1.84. The fraction of sp³-hybridized carbons (Fsp3) is 0.333. The fourth-order valence-corrected chi connectivity index (χ4v) is 1.83. The van der Waals surface area contributed by atoms with Crippen LogP contribution in [-0.4, -0.2) is 11.8 Å². The van der Waals surface area contributed by atoms with Gasteiger partial charge in [0, 0.05) is 12.8 Å². The first-order chi connectivity index (χ1) is 7.68. The Labute approximate surface area is 94.0 Å². The molecule has 2 aliphatic heterocycles. The molecule has 1 aromatic carbocycles. The Balaban J connectivity index is 1.76. The van der Waals surface area contributed by atoms with Crippen molar-refractivity contribution >= 4 is 23.2 Å². The molecular formula is C12H14N2O2. The summed E-state index contributed by atoms with van der Waals surface area (Å²) >= 11 is 0. The zero-order chi connectivity index (χ0) is 11.5. The monoisotopic (exact) mass is 218 g/mol. The SMILES string of the molecule is NC(=O)CCCCC(=O)N1c2cccc1c2. The van der Waals surface area contributed by atoms with E-state index in [1.165, 1.54) is 0 Å². The zero-order valence-corrected chi connectivity index (χ0v) is 8.98. The smallest absolute Gasteiger partial charge is 0.231 e. The third kappa shape index (κ3) is 2.05. The van der Waals surface area contributed by atoms with Crippen molar-refractivity contribution in [3.63, 3.8) is 0 Å². The molecule has 16 heavy (non-hydrogen) atoms. The van der Waals surface area contributed by atoms with Crippen molar-refractivity contribution in [1.29, 1.82) is 0 Å². The van der Waals surface area contributed by atoms with Crippen molar-refractivity contribution in [2.45, 2.75) is 25.7 Å². The quantitative estimate of drug-likeness (QED) is 0.765. The lowest BCUT2D eigenvalue weighted by molar-refractivity contribution is -0.119. The van der Waals surface area contributed by atoms with Crippen LogP contribution in [0.3, 0.4) is 0 Å². The highest BCUT2D eigenvalue weighted by Gasteiger charge is 2.24. The number of nitrogens with two attached hydrogens (primary N) is 1. The highest BCUT2D eigenvalue weighted by Crippen LogP contribution is 2.37. The molecule has 4 heteroatoms. The summed E-state index contributed by atoms with van der Waals surface area (Å²) in [7, 11) is 0. The van der Waals surface area contributed by atoms with Gasteiger partial charge in [0.05, 0.1) is 11.4 Å². The molecule has 0 fully saturated rings. The fourth-order valence-electron chi connectivity index (χ4n) is 1.83. The second-order valence-electron chi connectivity index (χ2n) is 3.92. The average molecular weight is 218 g/mol. The number of carbonyl (C=O) groups excluding carboxylic acids is 2. The summed E-state index contributed by atoms with van der Waals surface area (Å²) in [4.78, 5) is 24.0. The molecule has 0 atom stereocenters. The molecule has 0 saturated carbocycles. The summed E-state index contributed by atoms with van der Waals surface area (Å²) < 4.78 is 0. The molecule has 3 rings (SSSR count). The molecule has 2 N–H and O–H groups in total. The molecular weight excluding hydrogens is 204 g/mol. The Morgan fingerprint density at radius 3 is 2.31 bits per heavy atom. The molecule has 2 amide bonds. The van der Waals surface area contributed by atoms with Crippen molar-refractivity contribution in [2.24, 2.45) is 5.73 Å². The van der Waals surface area contributed by atoms with E-state index in [0.717, 1.165) is 11.4 Å². The van der Waals surface area contributed by atoms with Gasteiger partial charge in [-0.15, -0.1) is 0 Å². The van der Waals surface area contributed by atoms with E-state index in [0.29, 0.717) is 25.7 Å². The number of hydrogen-bond acceptors (Lipinski definition) is 2. The number of hydrogen-bond donors (Lipinski definition) is 1. The summed E-state index contributed by atoms with van der Waals surface area (Å²) in [5, 5.41) is 0. The molecule has 0 aromatic heterocycles. The van der Waals surface area contributed by atoms with Gasteiger partial charge in [0.2, 0.25) is 11.8 Å². The average Bonchev–Trinajstić information content (AvgIpc) is 2.25. The normalized spacial score (nSPS) is 12.1. The Morgan fingerprint density at radius 1 is 1.12 bits per heavy atom. The van der Waals surface area contributed by atoms with Crippen LogP contribution in [0.25, 0.3) is 0 Å². The van der Waals surface area contributed by atoms with Gasteiger partial charge in [-0.3, -0.25) is 14.5 Å². The third-order valence-corrected chi connectivity index (χ3v) is 2.66. The first-order valence-electron chi connectivity index (χ1n) is 5.40. The van der Waals surface area contributed by atoms with Gasteiger partial charge in [0.15, 0.2) is 0 Å². The molecule has 0 radical (unpaired) electrons. The van der Waals surface area contributed by atoms with E-state index in [4.69, 9.17) is 5.73 Å². The van der Waals surface area contributed by atoms with Crippen LogP contribution < -0.4 is 10.6 Å². The first kappa shape index (κ1) is 10.7. The van der Waals surface area contributed by atoms with Gasteiger partial charge in [0.1, 0.15) is 0 Å². The largest absolute Gasteiger partial charge is 0.370 e. The second kappa shape index (κ2) is 4.35. The van der Waals surface area contributed by atoms with Gasteiger partial charge in [-0.05, 0) is 31.0 Å². The van der Waals surface area contributed by atoms with Gasteiger partial charge in [-0.2, -0.15) is 0 Å². The van der Waals surface area contributed by atoms with Crippen molar-refractivity contribution in [3.8, 4) is 0 Å². The van der Waals surface area contributed by atoms with E-state index in [2.05, 4.69) is 0 Å². The Bertz CT molecular complexity index is 402. The van der Waals surface area contributed by atoms with Gasteiger partial charge >= 0.3 is 0 Å². The van der Waals surface area contributed by atoms with Gasteiger partial charge in [0.25, 0.3) is 0 Å². The maximum Gasteiger partial charge on any atom is 0.231 e. The minimum absolute atomic E-state index is 0.0950. The van der Waals surface area contributed by atoms with Crippen LogP contribution in [0.15, 0.2) is 24.3 Å². The predicted molar refractivity (Wildman–Crippen MR) is 61.3 cm³/mol. The first-order valence-corrected chi connectivity index (χ1v) is 5.40. The van der Waals surface area contributed by atoms with Crippen molar-refractivity contribution in [2.75, 3.05) is 4.90 Å². The molecule has 0 saturated heterocycles. The molecule has 2 heterocycles. The van der Waals surface area contributed by atoms with Crippen molar-refractivity contribution in [1.82, 2.24) is 0 Å². The van der Waals surface area contributed by atoms with E-state index in [1.807, 2.05) is 24.3 Å². The van der Waals surface area contributed by atoms with Crippen molar-refractivity contribution in [3.05, 3.63) is 24.3 Å². The van der Waals surface area contributed by atoms with E-state index < -0.39 is 0 Å². The van der Waals surface area contributed by atoms with Crippen molar-refractivity contribution < 1.29 is 9.59 Å². The molecule has 2 bridgehead atoms. The molecule has 84 valence electrons. The number of rotatable bonds is 5. The van der Waals surface area contributed by atoms with E-state index in [9.17, 15) is 9.59 Å². The highest BCUT2D eigenvalue weighted by atomic mass is 16.2. The molecule has 4 nitrogen and oxygen atoms in total. The summed E-state index contributed by atoms with van der Waals surface area (Å²) in [6.07, 6.45) is 2.22. The van der Waals surface area contributed by atoms with Crippen LogP contribution in [0.5, 0.6) is 0 Å². The molecule has 0 aliphatic carbocycles. The molecule has 1 aromatic rings. The summed E-state index contributed by atoms with van der Waals surface area (Å²) in [6.45, 7) is 0. The number of nitrogens with zero attached hydrogens (tertiary/aromatic N) is 1. The summed E-state index contributed by atoms with van der Waals surface area (Å²) in [5.74, 6) is -0.209. The number of anilines is 2. The van der Waals surface area contributed by atoms with Gasteiger partial charge in [-0.25, -0.2) is 0 Å². The Kier molecular flexibility index (Phi) is 2.90. The lowest BCUT2D eigenvalue weighted by Crippen LogP contribution is -2.30. The summed E-state index contributed by atoms with van der Waals surface area (Å²) in [6, 6.07) is 7.73. The molecule has 0 spiro atoms.